The van der Waals surface area contributed by atoms with Crippen molar-refractivity contribution in [2.75, 3.05) is 20.3 Å². The maximum Gasteiger partial charge on any atom is 0.276 e. The van der Waals surface area contributed by atoms with Crippen LogP contribution in [0.3, 0.4) is 0 Å². The smallest absolute Gasteiger partial charge is 0.276 e. The molecule has 2 heterocycles. The van der Waals surface area contributed by atoms with Gasteiger partial charge in [0.15, 0.2) is 5.11 Å². The van der Waals surface area contributed by atoms with Crippen LogP contribution in [0, 0.1) is 0 Å². The average Bonchev–Trinajstić information content (AvgIpc) is 3.37. The van der Waals surface area contributed by atoms with E-state index in [2.05, 4.69) is 21.2 Å². The van der Waals surface area contributed by atoms with E-state index >= 15 is 0 Å². The molecule has 2 saturated heterocycles. The zero-order valence-electron chi connectivity index (χ0n) is 17.4. The first-order chi connectivity index (χ1) is 15.4. The lowest BCUT2D eigenvalue weighted by Gasteiger charge is -2.18. The second-order valence-corrected chi connectivity index (χ2v) is 9.18. The number of ether oxygens (including phenoxy) is 3. The highest BCUT2D eigenvalue weighted by Crippen LogP contribution is 2.30. The van der Waals surface area contributed by atoms with Crippen LogP contribution < -0.4 is 14.8 Å². The van der Waals surface area contributed by atoms with Gasteiger partial charge in [0.2, 0.25) is 0 Å². The summed E-state index contributed by atoms with van der Waals surface area (Å²) < 4.78 is 17.9. The Balaban J connectivity index is 1.50. The molecule has 1 unspecified atom stereocenters. The van der Waals surface area contributed by atoms with E-state index in [4.69, 9.17) is 38.0 Å². The van der Waals surface area contributed by atoms with Crippen molar-refractivity contribution >= 4 is 56.8 Å². The fraction of sp³-hybridized carbons (Fsp3) is 0.304. The SMILES string of the molecule is COc1ccc(/C=C2/NC(=S)N(CC3CCCO3)C2=O)cc1COc1ccc(Br)cc1Cl. The number of rotatable bonds is 7. The summed E-state index contributed by atoms with van der Waals surface area (Å²) in [5.74, 6) is 1.10. The molecule has 2 aliphatic rings. The van der Waals surface area contributed by atoms with Gasteiger partial charge in [0.25, 0.3) is 5.91 Å². The molecule has 168 valence electrons. The van der Waals surface area contributed by atoms with Crippen molar-refractivity contribution in [1.29, 1.82) is 0 Å². The highest BCUT2D eigenvalue weighted by Gasteiger charge is 2.33. The molecule has 1 amide bonds. The van der Waals surface area contributed by atoms with Gasteiger partial charge in [0.05, 0.1) is 24.8 Å². The molecule has 0 bridgehead atoms. The first-order valence-corrected chi connectivity index (χ1v) is 11.7. The Hall–Kier alpha value is -2.13. The summed E-state index contributed by atoms with van der Waals surface area (Å²) in [6.45, 7) is 1.46. The van der Waals surface area contributed by atoms with Crippen LogP contribution in [0.15, 0.2) is 46.6 Å². The molecule has 0 saturated carbocycles. The van der Waals surface area contributed by atoms with Crippen molar-refractivity contribution < 1.29 is 19.0 Å². The Morgan fingerprint density at radius 2 is 2.12 bits per heavy atom. The number of hydrogen-bond acceptors (Lipinski definition) is 5. The Morgan fingerprint density at radius 1 is 1.31 bits per heavy atom. The molecule has 0 aliphatic carbocycles. The second kappa shape index (κ2) is 10.2. The van der Waals surface area contributed by atoms with E-state index in [0.29, 0.717) is 33.9 Å². The monoisotopic (exact) mass is 536 g/mol. The molecular formula is C23H22BrClN2O4S. The molecule has 1 N–H and O–H groups in total. The first-order valence-electron chi connectivity index (χ1n) is 10.2. The highest BCUT2D eigenvalue weighted by atomic mass is 79.9. The van der Waals surface area contributed by atoms with Crippen molar-refractivity contribution in [2.24, 2.45) is 0 Å². The van der Waals surface area contributed by atoms with Crippen molar-refractivity contribution in [3.63, 3.8) is 0 Å². The summed E-state index contributed by atoms with van der Waals surface area (Å²) in [6.07, 6.45) is 3.76. The Labute approximate surface area is 205 Å². The molecule has 2 fully saturated rings. The summed E-state index contributed by atoms with van der Waals surface area (Å²) in [5.41, 5.74) is 2.08. The van der Waals surface area contributed by atoms with E-state index < -0.39 is 0 Å². The minimum atomic E-state index is -0.152. The van der Waals surface area contributed by atoms with E-state index in [9.17, 15) is 4.79 Å². The number of carbonyl (C=O) groups excluding carboxylic acids is 1. The van der Waals surface area contributed by atoms with Gasteiger partial charge >= 0.3 is 0 Å². The normalized spacial score (nSPS) is 19.5. The molecule has 6 nitrogen and oxygen atoms in total. The second-order valence-electron chi connectivity index (χ2n) is 7.47. The van der Waals surface area contributed by atoms with Gasteiger partial charge in [-0.2, -0.15) is 0 Å². The number of halogens is 2. The maximum atomic E-state index is 12.9. The van der Waals surface area contributed by atoms with Gasteiger partial charge < -0.3 is 19.5 Å². The standard InChI is InChI=1S/C23H22BrClN2O4S/c1-29-20-6-4-14(9-15(20)13-31-21-7-5-16(24)11-18(21)25)10-19-22(28)27(23(32)26-19)12-17-3-2-8-30-17/h4-7,9-11,17H,2-3,8,12-13H2,1H3,(H,26,32)/b19-10+. The van der Waals surface area contributed by atoms with Crippen LogP contribution >= 0.6 is 39.7 Å². The van der Waals surface area contributed by atoms with Gasteiger partial charge in [-0.15, -0.1) is 0 Å². The zero-order valence-corrected chi connectivity index (χ0v) is 20.6. The van der Waals surface area contributed by atoms with Crippen LogP contribution in [0.25, 0.3) is 6.08 Å². The van der Waals surface area contributed by atoms with Crippen molar-refractivity contribution in [3.05, 3.63) is 62.7 Å². The summed E-state index contributed by atoms with van der Waals surface area (Å²) in [4.78, 5) is 14.4. The topological polar surface area (TPSA) is 60.0 Å². The highest BCUT2D eigenvalue weighted by molar-refractivity contribution is 9.10. The lowest BCUT2D eigenvalue weighted by molar-refractivity contribution is -0.123. The molecule has 9 heteroatoms. The molecule has 0 spiro atoms. The van der Waals surface area contributed by atoms with Gasteiger partial charge in [0, 0.05) is 16.6 Å². The van der Waals surface area contributed by atoms with E-state index in [0.717, 1.165) is 35.0 Å². The molecule has 2 aliphatic heterocycles. The zero-order chi connectivity index (χ0) is 22.7. The molecule has 4 rings (SSSR count). The third kappa shape index (κ3) is 5.26. The summed E-state index contributed by atoms with van der Waals surface area (Å²) in [5, 5.41) is 3.94. The van der Waals surface area contributed by atoms with Crippen molar-refractivity contribution in [1.82, 2.24) is 10.2 Å². The molecule has 32 heavy (non-hydrogen) atoms. The number of nitrogens with one attached hydrogen (secondary N) is 1. The Morgan fingerprint density at radius 3 is 2.84 bits per heavy atom. The minimum absolute atomic E-state index is 0.0354. The van der Waals surface area contributed by atoms with Crippen molar-refractivity contribution in [2.45, 2.75) is 25.6 Å². The lowest BCUT2D eigenvalue weighted by atomic mass is 10.1. The van der Waals surface area contributed by atoms with Gasteiger partial charge in [-0.25, -0.2) is 0 Å². The van der Waals surface area contributed by atoms with Crippen molar-refractivity contribution in [3.8, 4) is 11.5 Å². The van der Waals surface area contributed by atoms with E-state index in [1.165, 1.54) is 0 Å². The van der Waals surface area contributed by atoms with Crippen LogP contribution in [-0.4, -0.2) is 42.3 Å². The number of nitrogens with zero attached hydrogens (tertiary/aromatic N) is 1. The summed E-state index contributed by atoms with van der Waals surface area (Å²) in [6, 6.07) is 11.1. The molecule has 2 aromatic rings. The van der Waals surface area contributed by atoms with Crippen LogP contribution in [-0.2, 0) is 16.1 Å². The van der Waals surface area contributed by atoms with Gasteiger partial charge in [-0.05, 0) is 67.0 Å². The number of benzene rings is 2. The fourth-order valence-corrected chi connectivity index (χ4v) is 4.64. The van der Waals surface area contributed by atoms with Gasteiger partial charge in [0.1, 0.15) is 23.8 Å². The van der Waals surface area contributed by atoms with Crippen LogP contribution in [0.2, 0.25) is 5.02 Å². The largest absolute Gasteiger partial charge is 0.496 e. The maximum absolute atomic E-state index is 12.9. The van der Waals surface area contributed by atoms with Gasteiger partial charge in [-0.3, -0.25) is 9.69 Å². The summed E-state index contributed by atoms with van der Waals surface area (Å²) in [7, 11) is 1.60. The van der Waals surface area contributed by atoms with Crippen LogP contribution in [0.1, 0.15) is 24.0 Å². The summed E-state index contributed by atoms with van der Waals surface area (Å²) >= 11 is 15.0. The molecule has 1 atom stereocenters. The predicted octanol–water partition coefficient (Wildman–Crippen LogP) is 4.93. The van der Waals surface area contributed by atoms with E-state index in [-0.39, 0.29) is 18.6 Å². The number of amides is 1. The quantitative estimate of drug-likeness (QED) is 0.399. The Bertz CT molecular complexity index is 1070. The van der Waals surface area contributed by atoms with E-state index in [1.807, 2.05) is 24.3 Å². The molecule has 2 aromatic carbocycles. The number of carbonyl (C=O) groups is 1. The third-order valence-electron chi connectivity index (χ3n) is 5.27. The average molecular weight is 538 g/mol. The first kappa shape index (κ1) is 23.0. The van der Waals surface area contributed by atoms with Gasteiger partial charge in [-0.1, -0.05) is 33.6 Å². The number of thiocarbonyl (C=S) groups is 1. The number of hydrogen-bond donors (Lipinski definition) is 1. The van der Waals surface area contributed by atoms with E-state index in [1.54, 1.807) is 30.2 Å². The fourth-order valence-electron chi connectivity index (χ4n) is 3.64. The molecule has 0 aromatic heterocycles. The Kier molecular flexibility index (Phi) is 7.35. The lowest BCUT2D eigenvalue weighted by Crippen LogP contribution is -2.37. The predicted molar refractivity (Wildman–Crippen MR) is 131 cm³/mol. The third-order valence-corrected chi connectivity index (χ3v) is 6.38. The van der Waals surface area contributed by atoms with Crippen LogP contribution in [0.5, 0.6) is 11.5 Å². The minimum Gasteiger partial charge on any atom is -0.496 e. The molecule has 0 radical (unpaired) electrons. The number of methoxy groups -OCH3 is 1. The molecular weight excluding hydrogens is 516 g/mol. The van der Waals surface area contributed by atoms with Crippen LogP contribution in [0.4, 0.5) is 0 Å².